The second kappa shape index (κ2) is 7.36. The minimum Gasteiger partial charge on any atom is -0.493 e. The minimum absolute atomic E-state index is 0.344. The first-order valence-electron chi connectivity index (χ1n) is 9.26. The highest BCUT2D eigenvalue weighted by Crippen LogP contribution is 2.39. The summed E-state index contributed by atoms with van der Waals surface area (Å²) in [6.45, 7) is 1.48. The molecule has 2 aromatic rings. The van der Waals surface area contributed by atoms with Crippen LogP contribution in [0.5, 0.6) is 11.5 Å². The van der Waals surface area contributed by atoms with Crippen LogP contribution in [0.2, 0.25) is 0 Å². The summed E-state index contributed by atoms with van der Waals surface area (Å²) < 4.78 is 11.7. The van der Waals surface area contributed by atoms with Gasteiger partial charge in [-0.05, 0) is 67.2 Å². The minimum atomic E-state index is -0.896. The maximum Gasteiger partial charge on any atom is 0.336 e. The van der Waals surface area contributed by atoms with E-state index in [4.69, 9.17) is 9.47 Å². The normalized spacial score (nSPS) is 18.7. The zero-order chi connectivity index (χ0) is 17.9. The molecule has 26 heavy (non-hydrogen) atoms. The number of pyridine rings is 1. The molecular weight excluding hydrogens is 330 g/mol. The highest BCUT2D eigenvalue weighted by molar-refractivity contribution is 5.89. The summed E-state index contributed by atoms with van der Waals surface area (Å²) in [5.74, 6) is 1.96. The van der Waals surface area contributed by atoms with Crippen molar-refractivity contribution in [2.75, 3.05) is 13.2 Å². The van der Waals surface area contributed by atoms with E-state index in [-0.39, 0.29) is 0 Å². The molecule has 4 rings (SSSR count). The Morgan fingerprint density at radius 2 is 2.15 bits per heavy atom. The number of aromatic nitrogens is 1. The van der Waals surface area contributed by atoms with Gasteiger partial charge in [-0.1, -0.05) is 6.07 Å². The van der Waals surface area contributed by atoms with Gasteiger partial charge in [-0.25, -0.2) is 4.79 Å². The third-order valence-corrected chi connectivity index (χ3v) is 5.23. The zero-order valence-electron chi connectivity index (χ0n) is 14.7. The first-order chi connectivity index (χ1) is 12.7. The third kappa shape index (κ3) is 3.82. The molecule has 1 aliphatic carbocycles. The van der Waals surface area contributed by atoms with Crippen LogP contribution < -0.4 is 9.47 Å². The van der Waals surface area contributed by atoms with Gasteiger partial charge >= 0.3 is 5.97 Å². The Kier molecular flexibility index (Phi) is 4.78. The summed E-state index contributed by atoms with van der Waals surface area (Å²) in [5, 5.41) is 9.32. The monoisotopic (exact) mass is 353 g/mol. The number of fused-ring (bicyclic) bond motifs is 1. The predicted molar refractivity (Wildman–Crippen MR) is 97.0 cm³/mol. The summed E-state index contributed by atoms with van der Waals surface area (Å²) in [5.41, 5.74) is 2.32. The fourth-order valence-electron chi connectivity index (χ4n) is 3.50. The maximum atomic E-state index is 11.4. The molecule has 1 aromatic heterocycles. The van der Waals surface area contributed by atoms with Crippen molar-refractivity contribution in [1.29, 1.82) is 0 Å². The zero-order valence-corrected chi connectivity index (χ0v) is 14.7. The second-order valence-electron chi connectivity index (χ2n) is 7.16. The van der Waals surface area contributed by atoms with Crippen LogP contribution in [0.3, 0.4) is 0 Å². The molecule has 2 aliphatic rings. The Hall–Kier alpha value is -2.56. The quantitative estimate of drug-likeness (QED) is 0.813. The van der Waals surface area contributed by atoms with Crippen LogP contribution in [-0.2, 0) is 6.42 Å². The summed E-state index contributed by atoms with van der Waals surface area (Å²) in [4.78, 5) is 15.4. The molecule has 0 radical (unpaired) electrons. The molecule has 0 amide bonds. The van der Waals surface area contributed by atoms with Gasteiger partial charge in [0.25, 0.3) is 0 Å². The molecule has 0 saturated heterocycles. The molecule has 5 heteroatoms. The summed E-state index contributed by atoms with van der Waals surface area (Å²) >= 11 is 0. The van der Waals surface area contributed by atoms with Crippen LogP contribution in [0.4, 0.5) is 0 Å². The lowest BCUT2D eigenvalue weighted by Gasteiger charge is -2.26. The van der Waals surface area contributed by atoms with Gasteiger partial charge in [0.1, 0.15) is 11.5 Å². The van der Waals surface area contributed by atoms with E-state index in [1.165, 1.54) is 24.6 Å². The van der Waals surface area contributed by atoms with Crippen molar-refractivity contribution in [3.63, 3.8) is 0 Å². The van der Waals surface area contributed by atoms with E-state index in [0.717, 1.165) is 42.4 Å². The molecule has 5 nitrogen and oxygen atoms in total. The first-order valence-corrected chi connectivity index (χ1v) is 9.26. The number of carboxylic acids is 1. The molecule has 1 N–H and O–H groups in total. The Labute approximate surface area is 153 Å². The van der Waals surface area contributed by atoms with Crippen LogP contribution in [0, 0.1) is 5.92 Å². The number of carbonyl (C=O) groups is 1. The van der Waals surface area contributed by atoms with Crippen molar-refractivity contribution in [1.82, 2.24) is 4.98 Å². The number of benzene rings is 1. The van der Waals surface area contributed by atoms with Crippen LogP contribution in [0.15, 0.2) is 36.7 Å². The van der Waals surface area contributed by atoms with E-state index in [1.54, 1.807) is 12.3 Å². The molecular formula is C21H23NO4. The van der Waals surface area contributed by atoms with E-state index < -0.39 is 5.97 Å². The van der Waals surface area contributed by atoms with Crippen molar-refractivity contribution >= 4 is 5.97 Å². The summed E-state index contributed by atoms with van der Waals surface area (Å²) in [7, 11) is 0. The Balaban J connectivity index is 1.45. The highest BCUT2D eigenvalue weighted by atomic mass is 16.5. The average Bonchev–Trinajstić information content (AvgIpc) is 3.49. The van der Waals surface area contributed by atoms with Gasteiger partial charge < -0.3 is 14.6 Å². The van der Waals surface area contributed by atoms with Crippen molar-refractivity contribution in [3.8, 4) is 11.5 Å². The molecule has 0 bridgehead atoms. The topological polar surface area (TPSA) is 68.7 Å². The van der Waals surface area contributed by atoms with Gasteiger partial charge in [0.15, 0.2) is 0 Å². The Morgan fingerprint density at radius 1 is 1.27 bits per heavy atom. The number of hydrogen-bond donors (Lipinski definition) is 1. The fourth-order valence-corrected chi connectivity index (χ4v) is 3.50. The molecule has 0 spiro atoms. The smallest absolute Gasteiger partial charge is 0.336 e. The molecule has 1 unspecified atom stereocenters. The fraction of sp³-hybridized carbons (Fsp3) is 0.429. The van der Waals surface area contributed by atoms with E-state index in [9.17, 15) is 9.90 Å². The lowest BCUT2D eigenvalue weighted by molar-refractivity contribution is 0.0695. The highest BCUT2D eigenvalue weighted by Gasteiger charge is 2.24. The van der Waals surface area contributed by atoms with Crippen LogP contribution >= 0.6 is 0 Å². The molecule has 2 heterocycles. The van der Waals surface area contributed by atoms with E-state index in [2.05, 4.69) is 11.1 Å². The predicted octanol–water partition coefficient (Wildman–Crippen LogP) is 4.07. The number of hydrogen-bond acceptors (Lipinski definition) is 4. The number of ether oxygens (including phenoxy) is 2. The van der Waals surface area contributed by atoms with Crippen molar-refractivity contribution in [2.45, 2.75) is 38.0 Å². The van der Waals surface area contributed by atoms with Crippen molar-refractivity contribution in [3.05, 3.63) is 53.3 Å². The maximum absolute atomic E-state index is 11.4. The van der Waals surface area contributed by atoms with Gasteiger partial charge in [-0.15, -0.1) is 0 Å². The van der Waals surface area contributed by atoms with Crippen molar-refractivity contribution < 1.29 is 19.4 Å². The summed E-state index contributed by atoms with van der Waals surface area (Å²) in [6, 6.07) is 7.69. The molecule has 1 aromatic carbocycles. The van der Waals surface area contributed by atoms with Crippen LogP contribution in [0.25, 0.3) is 0 Å². The molecule has 1 aliphatic heterocycles. The molecule has 1 fully saturated rings. The van der Waals surface area contributed by atoms with E-state index >= 15 is 0 Å². The van der Waals surface area contributed by atoms with Gasteiger partial charge in [0.05, 0.1) is 18.8 Å². The van der Waals surface area contributed by atoms with E-state index in [0.29, 0.717) is 24.5 Å². The van der Waals surface area contributed by atoms with Gasteiger partial charge in [-0.3, -0.25) is 4.98 Å². The first kappa shape index (κ1) is 16.9. The average molecular weight is 353 g/mol. The second-order valence-corrected chi connectivity index (χ2v) is 7.16. The SMILES string of the molecule is O=C(O)c1ccncc1CCC1CCOc2cc(OCC3CC3)ccc21. The number of rotatable bonds is 7. The Bertz CT molecular complexity index is 800. The largest absolute Gasteiger partial charge is 0.493 e. The molecule has 1 atom stereocenters. The van der Waals surface area contributed by atoms with Gasteiger partial charge in [0.2, 0.25) is 0 Å². The van der Waals surface area contributed by atoms with Gasteiger partial charge in [-0.2, -0.15) is 0 Å². The number of carboxylic acid groups (broad SMARTS) is 1. The number of nitrogens with zero attached hydrogens (tertiary/aromatic N) is 1. The summed E-state index contributed by atoms with van der Waals surface area (Å²) in [6.07, 6.45) is 8.26. The van der Waals surface area contributed by atoms with Gasteiger partial charge in [0, 0.05) is 18.5 Å². The molecule has 136 valence electrons. The standard InChI is InChI=1S/C21H23NO4/c23-21(24)19-7-9-22-12-16(19)4-3-15-8-10-25-20-11-17(5-6-18(15)20)26-13-14-1-2-14/h5-7,9,11-12,14-15H,1-4,8,10,13H2,(H,23,24). The van der Waals surface area contributed by atoms with Crippen molar-refractivity contribution in [2.24, 2.45) is 5.92 Å². The number of aromatic carboxylic acids is 1. The van der Waals surface area contributed by atoms with Crippen LogP contribution in [-0.4, -0.2) is 29.3 Å². The number of aryl methyl sites for hydroxylation is 1. The Morgan fingerprint density at radius 3 is 2.96 bits per heavy atom. The van der Waals surface area contributed by atoms with Crippen LogP contribution in [0.1, 0.15) is 53.1 Å². The lowest BCUT2D eigenvalue weighted by Crippen LogP contribution is -2.15. The van der Waals surface area contributed by atoms with E-state index in [1.807, 2.05) is 12.1 Å². The molecule has 1 saturated carbocycles. The third-order valence-electron chi connectivity index (χ3n) is 5.23. The lowest BCUT2D eigenvalue weighted by atomic mass is 9.87.